The van der Waals surface area contributed by atoms with E-state index in [2.05, 4.69) is 13.8 Å². The number of ether oxygens (including phenoxy) is 2. The Morgan fingerprint density at radius 1 is 1.18 bits per heavy atom. The van der Waals surface area contributed by atoms with Crippen molar-refractivity contribution in [2.45, 2.75) is 51.5 Å². The molecule has 182 valence electrons. The Morgan fingerprint density at radius 2 is 1.88 bits per heavy atom. The van der Waals surface area contributed by atoms with E-state index in [1.165, 1.54) is 0 Å². The lowest BCUT2D eigenvalue weighted by atomic mass is 9.78. The molecule has 0 bridgehead atoms. The first-order valence-corrected chi connectivity index (χ1v) is 11.9. The Labute approximate surface area is 195 Å². The summed E-state index contributed by atoms with van der Waals surface area (Å²) < 4.78 is 11.0. The number of carboxylic acid groups (broad SMARTS) is 1. The van der Waals surface area contributed by atoms with Crippen molar-refractivity contribution >= 4 is 11.9 Å². The summed E-state index contributed by atoms with van der Waals surface area (Å²) >= 11 is 0. The first kappa shape index (κ1) is 25.1. The van der Waals surface area contributed by atoms with Crippen LogP contribution in [-0.4, -0.2) is 71.5 Å². The van der Waals surface area contributed by atoms with Crippen LogP contribution in [0.1, 0.15) is 51.5 Å². The summed E-state index contributed by atoms with van der Waals surface area (Å²) in [7, 11) is 0. The molecule has 1 saturated heterocycles. The Hall–Kier alpha value is -2.58. The summed E-state index contributed by atoms with van der Waals surface area (Å²) in [5.41, 5.74) is -0.366. The van der Waals surface area contributed by atoms with Gasteiger partial charge in [0.25, 0.3) is 0 Å². The number of rotatable bonds is 12. The maximum atomic E-state index is 13.4. The van der Waals surface area contributed by atoms with Crippen LogP contribution >= 0.6 is 0 Å². The third-order valence-corrected chi connectivity index (χ3v) is 6.59. The average molecular weight is 461 g/mol. The van der Waals surface area contributed by atoms with Crippen LogP contribution in [0.15, 0.2) is 30.4 Å². The predicted octanol–water partition coefficient (Wildman–Crippen LogP) is 2.99. The van der Waals surface area contributed by atoms with E-state index in [-0.39, 0.29) is 25.9 Å². The van der Waals surface area contributed by atoms with Crippen LogP contribution < -0.4 is 9.47 Å². The molecule has 2 aliphatic heterocycles. The first-order valence-electron chi connectivity index (χ1n) is 11.9. The Balaban J connectivity index is 1.98. The highest BCUT2D eigenvalue weighted by molar-refractivity contribution is 5.79. The molecule has 0 saturated carbocycles. The number of benzene rings is 1. The van der Waals surface area contributed by atoms with Gasteiger partial charge in [0.15, 0.2) is 11.5 Å². The van der Waals surface area contributed by atoms with Crippen LogP contribution in [-0.2, 0) is 15.1 Å². The SMILES string of the molecule is CCCCN(CCCC)C(=O)CN1CC[C@H](C(=O)O)[C@]1(C=CCO)c1ccc2c(c1)OCO2. The second kappa shape index (κ2) is 11.5. The van der Waals surface area contributed by atoms with Crippen LogP contribution in [0.4, 0.5) is 0 Å². The van der Waals surface area contributed by atoms with Crippen molar-refractivity contribution in [3.8, 4) is 11.5 Å². The monoisotopic (exact) mass is 460 g/mol. The number of aliphatic carboxylic acids is 1. The van der Waals surface area contributed by atoms with Gasteiger partial charge < -0.3 is 24.6 Å². The van der Waals surface area contributed by atoms with Crippen LogP contribution in [0.5, 0.6) is 11.5 Å². The average Bonchev–Trinajstić information content (AvgIpc) is 3.42. The molecule has 3 rings (SSSR count). The highest BCUT2D eigenvalue weighted by Crippen LogP contribution is 2.47. The second-order valence-electron chi connectivity index (χ2n) is 8.67. The van der Waals surface area contributed by atoms with Gasteiger partial charge in [-0.3, -0.25) is 14.5 Å². The van der Waals surface area contributed by atoms with Gasteiger partial charge >= 0.3 is 5.97 Å². The number of aliphatic hydroxyl groups excluding tert-OH is 1. The summed E-state index contributed by atoms with van der Waals surface area (Å²) in [5, 5.41) is 19.7. The van der Waals surface area contributed by atoms with Gasteiger partial charge in [0, 0.05) is 19.6 Å². The molecule has 1 aromatic rings. The molecule has 0 radical (unpaired) electrons. The van der Waals surface area contributed by atoms with E-state index in [4.69, 9.17) is 9.47 Å². The quantitative estimate of drug-likeness (QED) is 0.463. The van der Waals surface area contributed by atoms with Crippen LogP contribution in [0.3, 0.4) is 0 Å². The third kappa shape index (κ3) is 5.33. The fourth-order valence-corrected chi connectivity index (χ4v) is 4.83. The zero-order chi connectivity index (χ0) is 23.8. The smallest absolute Gasteiger partial charge is 0.309 e. The van der Waals surface area contributed by atoms with E-state index in [1.54, 1.807) is 24.3 Å². The van der Waals surface area contributed by atoms with Crippen molar-refractivity contribution in [3.05, 3.63) is 35.9 Å². The minimum atomic E-state index is -1.08. The number of hydrogen-bond donors (Lipinski definition) is 2. The van der Waals surface area contributed by atoms with Gasteiger partial charge in [-0.25, -0.2) is 0 Å². The predicted molar refractivity (Wildman–Crippen MR) is 124 cm³/mol. The molecule has 1 fully saturated rings. The molecule has 33 heavy (non-hydrogen) atoms. The summed E-state index contributed by atoms with van der Waals surface area (Å²) in [6, 6.07) is 5.41. The third-order valence-electron chi connectivity index (χ3n) is 6.59. The van der Waals surface area contributed by atoms with Crippen LogP contribution in [0, 0.1) is 5.92 Å². The van der Waals surface area contributed by atoms with Crippen molar-refractivity contribution in [3.63, 3.8) is 0 Å². The minimum Gasteiger partial charge on any atom is -0.481 e. The largest absolute Gasteiger partial charge is 0.481 e. The molecule has 2 heterocycles. The number of hydrogen-bond acceptors (Lipinski definition) is 6. The van der Waals surface area contributed by atoms with E-state index in [0.717, 1.165) is 25.7 Å². The van der Waals surface area contributed by atoms with E-state index >= 15 is 0 Å². The number of fused-ring (bicyclic) bond motifs is 1. The molecular weight excluding hydrogens is 424 g/mol. The van der Waals surface area contributed by atoms with Crippen LogP contribution in [0.2, 0.25) is 0 Å². The van der Waals surface area contributed by atoms with Gasteiger partial charge in [0.2, 0.25) is 12.7 Å². The fraction of sp³-hybridized carbons (Fsp3) is 0.600. The van der Waals surface area contributed by atoms with Crippen LogP contribution in [0.25, 0.3) is 0 Å². The topological polar surface area (TPSA) is 99.5 Å². The van der Waals surface area contributed by atoms with Gasteiger partial charge in [-0.15, -0.1) is 0 Å². The number of likely N-dealkylation sites (tertiary alicyclic amines) is 1. The molecular formula is C25H36N2O6. The van der Waals surface area contributed by atoms with E-state index < -0.39 is 17.4 Å². The lowest BCUT2D eigenvalue weighted by Crippen LogP contribution is -2.50. The summed E-state index contributed by atoms with van der Waals surface area (Å²) in [5.74, 6) is -0.533. The second-order valence-corrected chi connectivity index (χ2v) is 8.67. The number of carbonyl (C=O) groups is 2. The number of carboxylic acids is 1. The lowest BCUT2D eigenvalue weighted by Gasteiger charge is -2.40. The van der Waals surface area contributed by atoms with Gasteiger partial charge in [0.1, 0.15) is 0 Å². The normalized spacial score (nSPS) is 22.2. The van der Waals surface area contributed by atoms with E-state index in [1.807, 2.05) is 15.9 Å². The molecule has 8 nitrogen and oxygen atoms in total. The van der Waals surface area contributed by atoms with Crippen molar-refractivity contribution in [1.82, 2.24) is 9.80 Å². The number of amides is 1. The summed E-state index contributed by atoms with van der Waals surface area (Å²) in [4.78, 5) is 29.6. The highest BCUT2D eigenvalue weighted by atomic mass is 16.7. The molecule has 8 heteroatoms. The van der Waals surface area contributed by atoms with Gasteiger partial charge in [-0.2, -0.15) is 0 Å². The van der Waals surface area contributed by atoms with Gasteiger partial charge in [0.05, 0.1) is 24.6 Å². The fourth-order valence-electron chi connectivity index (χ4n) is 4.83. The standard InChI is InChI=1S/C25H36N2O6/c1-3-5-12-26(13-6-4-2)23(29)17-27-14-10-20(24(30)31)25(27,11-7-15-28)19-8-9-21-22(16-19)33-18-32-21/h7-9,11,16,20,28H,3-6,10,12-15,17-18H2,1-2H3,(H,30,31)/t20-,25+/m1/s1. The van der Waals surface area contributed by atoms with Gasteiger partial charge in [-0.05, 0) is 37.0 Å². The maximum Gasteiger partial charge on any atom is 0.309 e. The van der Waals surface area contributed by atoms with E-state index in [0.29, 0.717) is 43.1 Å². The Bertz CT molecular complexity index is 849. The van der Waals surface area contributed by atoms with Gasteiger partial charge in [-0.1, -0.05) is 44.9 Å². The summed E-state index contributed by atoms with van der Waals surface area (Å²) in [6.07, 6.45) is 7.58. The molecule has 1 aromatic carbocycles. The molecule has 0 aliphatic carbocycles. The molecule has 2 N–H and O–H groups in total. The number of unbranched alkanes of at least 4 members (excludes halogenated alkanes) is 2. The lowest BCUT2D eigenvalue weighted by molar-refractivity contribution is -0.145. The van der Waals surface area contributed by atoms with Crippen molar-refractivity contribution in [2.75, 3.05) is 39.6 Å². The zero-order valence-electron chi connectivity index (χ0n) is 19.7. The van der Waals surface area contributed by atoms with Crippen molar-refractivity contribution < 1.29 is 29.3 Å². The minimum absolute atomic E-state index is 0.00505. The highest BCUT2D eigenvalue weighted by Gasteiger charge is 2.52. The molecule has 1 amide bonds. The molecule has 0 unspecified atom stereocenters. The Kier molecular flexibility index (Phi) is 8.74. The number of carbonyl (C=O) groups excluding carboxylic acids is 1. The summed E-state index contributed by atoms with van der Waals surface area (Å²) in [6.45, 7) is 6.08. The molecule has 2 atom stereocenters. The molecule has 0 aromatic heterocycles. The zero-order valence-corrected chi connectivity index (χ0v) is 19.7. The van der Waals surface area contributed by atoms with E-state index in [9.17, 15) is 19.8 Å². The Morgan fingerprint density at radius 3 is 2.52 bits per heavy atom. The van der Waals surface area contributed by atoms with Crippen molar-refractivity contribution in [1.29, 1.82) is 0 Å². The maximum absolute atomic E-state index is 13.4. The molecule has 2 aliphatic rings. The van der Waals surface area contributed by atoms with Crippen molar-refractivity contribution in [2.24, 2.45) is 5.92 Å². The number of nitrogens with zero attached hydrogens (tertiary/aromatic N) is 2. The molecule has 0 spiro atoms. The first-order chi connectivity index (χ1) is 16.0. The number of aliphatic hydroxyl groups is 1.